The quantitative estimate of drug-likeness (QED) is 0.119. The first-order valence-corrected chi connectivity index (χ1v) is 18.1. The van der Waals surface area contributed by atoms with Gasteiger partial charge in [0.2, 0.25) is 0 Å². The molecule has 1 heterocycles. The lowest BCUT2D eigenvalue weighted by Crippen LogP contribution is -2.41. The van der Waals surface area contributed by atoms with E-state index in [1.807, 2.05) is 18.2 Å². The van der Waals surface area contributed by atoms with Crippen molar-refractivity contribution in [3.05, 3.63) is 54.1 Å². The van der Waals surface area contributed by atoms with Crippen LogP contribution in [-0.4, -0.2) is 66.4 Å². The van der Waals surface area contributed by atoms with Gasteiger partial charge in [-0.05, 0) is 78.2 Å². The Kier molecular flexibility index (Phi) is 11.8. The summed E-state index contributed by atoms with van der Waals surface area (Å²) in [6.07, 6.45) is -2.19. The van der Waals surface area contributed by atoms with Crippen LogP contribution in [0, 0.1) is 0 Å². The largest absolute Gasteiger partial charge is 0.493 e. The number of aliphatic hydroxyl groups is 4. The molecule has 6 nitrogen and oxygen atoms in total. The molecule has 0 saturated carbocycles. The predicted molar refractivity (Wildman–Crippen MR) is 168 cm³/mol. The van der Waals surface area contributed by atoms with Crippen molar-refractivity contribution in [3.8, 4) is 16.2 Å². The van der Waals surface area contributed by atoms with Gasteiger partial charge in [-0.1, -0.05) is 52.0 Å². The van der Waals surface area contributed by atoms with Gasteiger partial charge in [0.25, 0.3) is 0 Å². The molecule has 0 aliphatic carbocycles. The summed E-state index contributed by atoms with van der Waals surface area (Å²) in [5, 5.41) is 42.8. The molecule has 0 aliphatic rings. The molecule has 3 rings (SSSR count). The van der Waals surface area contributed by atoms with Crippen molar-refractivity contribution in [2.24, 2.45) is 0 Å². The van der Waals surface area contributed by atoms with Gasteiger partial charge in [-0.15, -0.1) is 11.3 Å². The van der Waals surface area contributed by atoms with Crippen molar-refractivity contribution >= 4 is 29.7 Å². The maximum atomic E-state index is 10.4. The third-order valence-corrected chi connectivity index (χ3v) is 13.8. The van der Waals surface area contributed by atoms with E-state index in [4.69, 9.17) is 9.16 Å². The van der Waals surface area contributed by atoms with Crippen molar-refractivity contribution < 1.29 is 29.6 Å². The average molecular weight is 589 g/mol. The topological polar surface area (TPSA) is 99.4 Å². The van der Waals surface area contributed by atoms with E-state index in [0.717, 1.165) is 16.5 Å². The molecule has 8 heteroatoms. The second kappa shape index (κ2) is 14.4. The van der Waals surface area contributed by atoms with Gasteiger partial charge >= 0.3 is 0 Å². The minimum Gasteiger partial charge on any atom is -0.493 e. The monoisotopic (exact) mass is 588 g/mol. The van der Waals surface area contributed by atoms with Gasteiger partial charge in [0.15, 0.2) is 8.32 Å². The Bertz CT molecular complexity index is 1190. The summed E-state index contributed by atoms with van der Waals surface area (Å²) in [7, 11) is -1.84. The van der Waals surface area contributed by atoms with Crippen molar-refractivity contribution in [1.29, 1.82) is 0 Å². The molecule has 40 heavy (non-hydrogen) atoms. The third-order valence-electron chi connectivity index (χ3n) is 8.11. The summed E-state index contributed by atoms with van der Waals surface area (Å²) in [4.78, 5) is 1.21. The Morgan fingerprint density at radius 2 is 1.48 bits per heavy atom. The second-order valence-electron chi connectivity index (χ2n) is 12.3. The van der Waals surface area contributed by atoms with Crippen LogP contribution in [0.2, 0.25) is 18.1 Å². The molecule has 3 aromatic rings. The number of hydrogen-bond donors (Lipinski definition) is 4. The minimum absolute atomic E-state index is 0.103. The van der Waals surface area contributed by atoms with Crippen LogP contribution in [0.1, 0.15) is 58.9 Å². The van der Waals surface area contributed by atoms with Gasteiger partial charge in [-0.3, -0.25) is 0 Å². The summed E-state index contributed by atoms with van der Waals surface area (Å²) < 4.78 is 13.1. The van der Waals surface area contributed by atoms with E-state index in [-0.39, 0.29) is 24.5 Å². The fourth-order valence-corrected chi connectivity index (χ4v) is 6.41. The molecule has 4 atom stereocenters. The first-order chi connectivity index (χ1) is 18.8. The molecule has 0 radical (unpaired) electrons. The zero-order chi connectivity index (χ0) is 29.5. The van der Waals surface area contributed by atoms with Gasteiger partial charge in [-0.2, -0.15) is 0 Å². The smallest absolute Gasteiger partial charge is 0.191 e. The van der Waals surface area contributed by atoms with Crippen molar-refractivity contribution in [2.45, 2.75) is 102 Å². The van der Waals surface area contributed by atoms with E-state index >= 15 is 0 Å². The van der Waals surface area contributed by atoms with E-state index in [2.05, 4.69) is 71.1 Å². The molecule has 0 saturated heterocycles. The second-order valence-corrected chi connectivity index (χ2v) is 18.1. The Morgan fingerprint density at radius 3 is 2.10 bits per heavy atom. The highest BCUT2D eigenvalue weighted by atomic mass is 32.1. The molecule has 0 spiro atoms. The van der Waals surface area contributed by atoms with Gasteiger partial charge < -0.3 is 29.6 Å². The lowest BCUT2D eigenvalue weighted by Gasteiger charge is -2.36. The SMILES string of the molecule is CCc1ccc(-c2cc3ccc(OCCC(O)C(O)CC(O)C(O)CCCO[Si](C)(C)C(C)(C)C)cc3s2)cc1. The number of aliphatic hydroxyl groups excluding tert-OH is 4. The van der Waals surface area contributed by atoms with Gasteiger partial charge in [0, 0.05) is 29.0 Å². The molecular formula is C32H48O6SSi. The summed E-state index contributed by atoms with van der Waals surface area (Å²) in [6.45, 7) is 13.8. The molecule has 0 amide bonds. The first-order valence-electron chi connectivity index (χ1n) is 14.4. The molecule has 0 bridgehead atoms. The highest BCUT2D eigenvalue weighted by molar-refractivity contribution is 7.22. The lowest BCUT2D eigenvalue weighted by molar-refractivity contribution is -0.0544. The summed E-state index contributed by atoms with van der Waals surface area (Å²) in [5.41, 5.74) is 2.52. The molecule has 2 aromatic carbocycles. The number of fused-ring (bicyclic) bond motifs is 1. The Labute approximate surface area is 244 Å². The van der Waals surface area contributed by atoms with Crippen LogP contribution in [0.5, 0.6) is 5.75 Å². The standard InChI is InChI=1S/C32H48O6SSi/c1-7-22-10-12-23(13-11-22)30-19-24-14-15-25(20-31(24)39-30)37-18-16-27(34)29(36)21-28(35)26(33)9-8-17-38-40(5,6)32(2,3)4/h10-15,19-20,26-29,33-36H,7-9,16-18,21H2,1-6H3. The van der Waals surface area contributed by atoms with Crippen LogP contribution in [0.3, 0.4) is 0 Å². The first kappa shape index (κ1) is 32.7. The van der Waals surface area contributed by atoms with Gasteiger partial charge in [0.1, 0.15) is 5.75 Å². The normalized spacial score (nSPS) is 15.7. The maximum absolute atomic E-state index is 10.4. The van der Waals surface area contributed by atoms with Crippen molar-refractivity contribution in [2.75, 3.05) is 13.2 Å². The van der Waals surface area contributed by atoms with E-state index in [0.29, 0.717) is 25.2 Å². The van der Waals surface area contributed by atoms with Crippen LogP contribution in [-0.2, 0) is 10.8 Å². The lowest BCUT2D eigenvalue weighted by atomic mass is 9.99. The fourth-order valence-electron chi connectivity index (χ4n) is 4.23. The molecule has 0 fully saturated rings. The molecule has 222 valence electrons. The Balaban J connectivity index is 1.41. The molecular weight excluding hydrogens is 540 g/mol. The van der Waals surface area contributed by atoms with Crippen LogP contribution in [0.4, 0.5) is 0 Å². The van der Waals surface area contributed by atoms with E-state index in [1.54, 1.807) is 11.3 Å². The van der Waals surface area contributed by atoms with E-state index in [9.17, 15) is 20.4 Å². The van der Waals surface area contributed by atoms with Crippen molar-refractivity contribution in [3.63, 3.8) is 0 Å². The molecule has 1 aromatic heterocycles. The number of ether oxygens (including phenoxy) is 1. The van der Waals surface area contributed by atoms with Crippen LogP contribution < -0.4 is 4.74 Å². The molecule has 0 aliphatic heterocycles. The highest BCUT2D eigenvalue weighted by Gasteiger charge is 2.37. The number of benzene rings is 2. The van der Waals surface area contributed by atoms with Gasteiger partial charge in [-0.25, -0.2) is 0 Å². The fraction of sp³-hybridized carbons (Fsp3) is 0.562. The maximum Gasteiger partial charge on any atom is 0.191 e. The third kappa shape index (κ3) is 9.11. The van der Waals surface area contributed by atoms with Gasteiger partial charge in [0.05, 0.1) is 31.0 Å². The number of hydrogen-bond acceptors (Lipinski definition) is 7. The molecule has 4 unspecified atom stereocenters. The Hall–Kier alpha value is -1.78. The van der Waals surface area contributed by atoms with Crippen LogP contribution in [0.15, 0.2) is 48.5 Å². The average Bonchev–Trinajstić information content (AvgIpc) is 3.33. The summed E-state index contributed by atoms with van der Waals surface area (Å²) >= 11 is 1.71. The Morgan fingerprint density at radius 1 is 0.825 bits per heavy atom. The number of thiophene rings is 1. The van der Waals surface area contributed by atoms with Crippen LogP contribution in [0.25, 0.3) is 20.5 Å². The van der Waals surface area contributed by atoms with Crippen molar-refractivity contribution in [1.82, 2.24) is 0 Å². The van der Waals surface area contributed by atoms with Crippen LogP contribution >= 0.6 is 11.3 Å². The predicted octanol–water partition coefficient (Wildman–Crippen LogP) is 6.54. The van der Waals surface area contributed by atoms with E-state index in [1.165, 1.54) is 16.0 Å². The molecule has 4 N–H and O–H groups in total. The number of aryl methyl sites for hydroxylation is 1. The summed E-state index contributed by atoms with van der Waals surface area (Å²) in [6, 6.07) is 16.8. The number of rotatable bonds is 15. The zero-order valence-electron chi connectivity index (χ0n) is 24.9. The summed E-state index contributed by atoms with van der Waals surface area (Å²) in [5.74, 6) is 0.708. The minimum atomic E-state index is -1.84. The van der Waals surface area contributed by atoms with E-state index < -0.39 is 32.7 Å². The highest BCUT2D eigenvalue weighted by Crippen LogP contribution is 2.37. The zero-order valence-corrected chi connectivity index (χ0v) is 26.7.